The number of ether oxygens (including phenoxy) is 1. The van der Waals surface area contributed by atoms with E-state index in [1.54, 1.807) is 0 Å². The van der Waals surface area contributed by atoms with Crippen LogP contribution < -0.4 is 5.06 Å². The van der Waals surface area contributed by atoms with Crippen LogP contribution in [0.2, 0.25) is 0 Å². The summed E-state index contributed by atoms with van der Waals surface area (Å²) >= 11 is 0. The maximum Gasteiger partial charge on any atom is 0.0952 e. The topological polar surface area (TPSA) is 40.0 Å². The van der Waals surface area contributed by atoms with Gasteiger partial charge in [0.05, 0.1) is 25.3 Å². The minimum atomic E-state index is 0.373. The Balaban J connectivity index is 1.72. The lowest BCUT2D eigenvalue weighted by molar-refractivity contribution is -0.920. The van der Waals surface area contributed by atoms with E-state index in [4.69, 9.17) is 4.74 Å². The number of quaternary nitrogens is 1. The van der Waals surface area contributed by atoms with Crippen molar-refractivity contribution in [3.8, 4) is 0 Å². The summed E-state index contributed by atoms with van der Waals surface area (Å²) in [7, 11) is 0. The van der Waals surface area contributed by atoms with Crippen LogP contribution in [-0.4, -0.2) is 25.3 Å². The van der Waals surface area contributed by atoms with Crippen molar-refractivity contribution < 1.29 is 9.80 Å². The Bertz CT molecular complexity index is 114. The molecule has 0 saturated carbocycles. The van der Waals surface area contributed by atoms with E-state index in [-0.39, 0.29) is 0 Å². The summed E-state index contributed by atoms with van der Waals surface area (Å²) < 4.78 is 5.01. The Morgan fingerprint density at radius 2 is 2.44 bits per heavy atom. The molecule has 9 heavy (non-hydrogen) atoms. The van der Waals surface area contributed by atoms with E-state index in [0.29, 0.717) is 17.2 Å². The fourth-order valence-electron chi connectivity index (χ4n) is 1.24. The van der Waals surface area contributed by atoms with Gasteiger partial charge in [0.1, 0.15) is 0 Å². The van der Waals surface area contributed by atoms with E-state index in [0.717, 1.165) is 26.0 Å². The van der Waals surface area contributed by atoms with E-state index in [9.17, 15) is 5.21 Å². The first-order valence-corrected chi connectivity index (χ1v) is 3.50. The Labute approximate surface area is 54.2 Å². The monoisotopic (exact) mass is 129 g/mol. The number of epoxide rings is 1. The van der Waals surface area contributed by atoms with Gasteiger partial charge < -0.3 is 15.0 Å². The SMILES string of the molecule is [O-][NH+]1CCC1CC1CO1. The van der Waals surface area contributed by atoms with Crippen LogP contribution in [0.15, 0.2) is 0 Å². The molecule has 2 fully saturated rings. The molecule has 3 nitrogen and oxygen atoms in total. The summed E-state index contributed by atoms with van der Waals surface area (Å²) in [5, 5.41) is 11.2. The van der Waals surface area contributed by atoms with Crippen molar-refractivity contribution in [3.05, 3.63) is 5.21 Å². The third-order valence-corrected chi connectivity index (χ3v) is 2.14. The molecule has 2 rings (SSSR count). The number of nitrogens with one attached hydrogen (secondary N) is 1. The molecule has 0 amide bonds. The van der Waals surface area contributed by atoms with Gasteiger partial charge in [0.25, 0.3) is 0 Å². The van der Waals surface area contributed by atoms with Crippen LogP contribution in [0.3, 0.4) is 0 Å². The van der Waals surface area contributed by atoms with Crippen LogP contribution in [0.25, 0.3) is 0 Å². The van der Waals surface area contributed by atoms with E-state index in [2.05, 4.69) is 0 Å². The third kappa shape index (κ3) is 1.08. The molecule has 3 unspecified atom stereocenters. The maximum atomic E-state index is 10.7. The zero-order chi connectivity index (χ0) is 6.27. The Kier molecular flexibility index (Phi) is 1.22. The van der Waals surface area contributed by atoms with Gasteiger partial charge in [-0.05, 0) is 0 Å². The van der Waals surface area contributed by atoms with Gasteiger partial charge >= 0.3 is 0 Å². The molecule has 2 aliphatic heterocycles. The largest absolute Gasteiger partial charge is 0.634 e. The molecule has 2 saturated heterocycles. The molecular formula is C6H11NO2. The summed E-state index contributed by atoms with van der Waals surface area (Å²) in [5.74, 6) is 0. The van der Waals surface area contributed by atoms with Gasteiger partial charge in [-0.25, -0.2) is 0 Å². The Morgan fingerprint density at radius 3 is 2.78 bits per heavy atom. The van der Waals surface area contributed by atoms with Crippen LogP contribution >= 0.6 is 0 Å². The number of hydrogen-bond donors (Lipinski definition) is 1. The first kappa shape index (κ1) is 5.65. The molecule has 3 atom stereocenters. The van der Waals surface area contributed by atoms with Crippen molar-refractivity contribution in [2.24, 2.45) is 0 Å². The van der Waals surface area contributed by atoms with Crippen molar-refractivity contribution in [2.45, 2.75) is 25.0 Å². The average molecular weight is 129 g/mol. The van der Waals surface area contributed by atoms with Gasteiger partial charge in [-0.3, -0.25) is 0 Å². The second kappa shape index (κ2) is 1.94. The molecule has 0 radical (unpaired) electrons. The third-order valence-electron chi connectivity index (χ3n) is 2.14. The van der Waals surface area contributed by atoms with Crippen LogP contribution in [0.4, 0.5) is 0 Å². The maximum absolute atomic E-state index is 10.7. The minimum Gasteiger partial charge on any atom is -0.634 e. The van der Waals surface area contributed by atoms with Gasteiger partial charge in [0.15, 0.2) is 0 Å². The Hall–Kier alpha value is -0.120. The van der Waals surface area contributed by atoms with Gasteiger partial charge in [-0.2, -0.15) is 0 Å². The lowest BCUT2D eigenvalue weighted by Crippen LogP contribution is -3.18. The smallest absolute Gasteiger partial charge is 0.0952 e. The van der Waals surface area contributed by atoms with Crippen molar-refractivity contribution in [1.29, 1.82) is 0 Å². The quantitative estimate of drug-likeness (QED) is 0.381. The highest BCUT2D eigenvalue weighted by molar-refractivity contribution is 4.76. The zero-order valence-electron chi connectivity index (χ0n) is 5.30. The molecule has 0 bridgehead atoms. The molecule has 0 aromatic carbocycles. The van der Waals surface area contributed by atoms with E-state index >= 15 is 0 Å². The summed E-state index contributed by atoms with van der Waals surface area (Å²) in [4.78, 5) is 0. The second-order valence-corrected chi connectivity index (χ2v) is 2.89. The van der Waals surface area contributed by atoms with Crippen molar-refractivity contribution >= 4 is 0 Å². The predicted octanol–water partition coefficient (Wildman–Crippen LogP) is -1.07. The highest BCUT2D eigenvalue weighted by atomic mass is 16.6. The van der Waals surface area contributed by atoms with E-state index < -0.39 is 0 Å². The van der Waals surface area contributed by atoms with Gasteiger partial charge in [0, 0.05) is 12.8 Å². The van der Waals surface area contributed by atoms with Crippen LogP contribution in [0.5, 0.6) is 0 Å². The van der Waals surface area contributed by atoms with Crippen molar-refractivity contribution in [1.82, 2.24) is 0 Å². The number of hydroxylamine groups is 2. The lowest BCUT2D eigenvalue weighted by atomic mass is 10.0. The summed E-state index contributed by atoms with van der Waals surface area (Å²) in [6.07, 6.45) is 2.55. The van der Waals surface area contributed by atoms with Gasteiger partial charge in [-0.1, -0.05) is 0 Å². The van der Waals surface area contributed by atoms with Crippen LogP contribution in [0, 0.1) is 5.21 Å². The molecule has 0 aromatic rings. The fourth-order valence-corrected chi connectivity index (χ4v) is 1.24. The highest BCUT2D eigenvalue weighted by Gasteiger charge is 2.34. The standard InChI is InChI=1S/C6H11NO2/c8-7-2-1-5(7)3-6-4-9-6/h5-7H,1-4H2. The van der Waals surface area contributed by atoms with Crippen molar-refractivity contribution in [2.75, 3.05) is 13.2 Å². The van der Waals surface area contributed by atoms with Crippen LogP contribution in [-0.2, 0) is 4.74 Å². The molecule has 0 aromatic heterocycles. The molecule has 0 aliphatic carbocycles. The molecular weight excluding hydrogens is 118 g/mol. The molecule has 2 aliphatic rings. The summed E-state index contributed by atoms with van der Waals surface area (Å²) in [6, 6.07) is 0.373. The van der Waals surface area contributed by atoms with E-state index in [1.165, 1.54) is 0 Å². The molecule has 52 valence electrons. The Morgan fingerprint density at radius 1 is 1.67 bits per heavy atom. The van der Waals surface area contributed by atoms with Crippen LogP contribution in [0.1, 0.15) is 12.8 Å². The minimum absolute atomic E-state index is 0.373. The average Bonchev–Trinajstić information content (AvgIpc) is 2.62. The number of rotatable bonds is 2. The second-order valence-electron chi connectivity index (χ2n) is 2.89. The van der Waals surface area contributed by atoms with Gasteiger partial charge in [0.2, 0.25) is 0 Å². The molecule has 1 N–H and O–H groups in total. The summed E-state index contributed by atoms with van der Waals surface area (Å²) in [5.41, 5.74) is 0. The van der Waals surface area contributed by atoms with Crippen molar-refractivity contribution in [3.63, 3.8) is 0 Å². The summed E-state index contributed by atoms with van der Waals surface area (Å²) in [6.45, 7) is 1.71. The molecule has 0 spiro atoms. The van der Waals surface area contributed by atoms with E-state index in [1.807, 2.05) is 0 Å². The molecule has 3 heteroatoms. The van der Waals surface area contributed by atoms with Gasteiger partial charge in [-0.15, -0.1) is 0 Å². The normalized spacial score (nSPS) is 48.3. The highest BCUT2D eigenvalue weighted by Crippen LogP contribution is 2.17. The first-order valence-electron chi connectivity index (χ1n) is 3.50. The lowest BCUT2D eigenvalue weighted by Gasteiger charge is -2.39. The first-order chi connectivity index (χ1) is 4.36. The molecule has 2 heterocycles. The predicted molar refractivity (Wildman–Crippen MR) is 32.0 cm³/mol. The fraction of sp³-hybridized carbons (Fsp3) is 1.00. The zero-order valence-corrected chi connectivity index (χ0v) is 5.30. The number of hydrogen-bond acceptors (Lipinski definition) is 2.